The van der Waals surface area contributed by atoms with Gasteiger partial charge < -0.3 is 15.2 Å². The quantitative estimate of drug-likeness (QED) is 0.776. The van der Waals surface area contributed by atoms with E-state index in [-0.39, 0.29) is 17.9 Å². The van der Waals surface area contributed by atoms with E-state index in [4.69, 9.17) is 0 Å². The van der Waals surface area contributed by atoms with E-state index in [1.165, 1.54) is 0 Å². The van der Waals surface area contributed by atoms with Crippen LogP contribution in [0.1, 0.15) is 19.3 Å². The Morgan fingerprint density at radius 2 is 2.17 bits per heavy atom. The molecule has 0 bridgehead atoms. The van der Waals surface area contributed by atoms with Crippen molar-refractivity contribution < 1.29 is 4.79 Å². The summed E-state index contributed by atoms with van der Waals surface area (Å²) in [5.74, 6) is 1.48. The molecule has 1 aliphatic heterocycles. The zero-order valence-electron chi connectivity index (χ0n) is 13.3. The molecule has 4 heterocycles. The van der Waals surface area contributed by atoms with Crippen molar-refractivity contribution in [2.24, 2.45) is 5.92 Å². The summed E-state index contributed by atoms with van der Waals surface area (Å²) < 4.78 is 0. The second kappa shape index (κ2) is 5.19. The zero-order valence-corrected chi connectivity index (χ0v) is 13.3. The molecule has 1 unspecified atom stereocenters. The summed E-state index contributed by atoms with van der Waals surface area (Å²) in [5, 5.41) is 6.52. The van der Waals surface area contributed by atoms with Crippen LogP contribution in [0.3, 0.4) is 0 Å². The van der Waals surface area contributed by atoms with E-state index in [0.717, 1.165) is 60.0 Å². The predicted octanol–water partition coefficient (Wildman–Crippen LogP) is 2.22. The van der Waals surface area contributed by atoms with E-state index >= 15 is 0 Å². The number of H-pyrrole nitrogens is 1. The predicted molar refractivity (Wildman–Crippen MR) is 92.9 cm³/mol. The van der Waals surface area contributed by atoms with E-state index in [1.807, 2.05) is 24.7 Å². The number of aromatic nitrogens is 3. The maximum atomic E-state index is 12.0. The summed E-state index contributed by atoms with van der Waals surface area (Å²) in [6.45, 7) is 1.73. The molecule has 0 aromatic carbocycles. The van der Waals surface area contributed by atoms with Crippen molar-refractivity contribution in [3.05, 3.63) is 30.7 Å². The van der Waals surface area contributed by atoms with E-state index in [1.54, 1.807) is 0 Å². The van der Waals surface area contributed by atoms with Gasteiger partial charge in [-0.2, -0.15) is 0 Å². The molecule has 1 saturated carbocycles. The van der Waals surface area contributed by atoms with Gasteiger partial charge in [0.15, 0.2) is 0 Å². The number of hydrogen-bond donors (Lipinski definition) is 2. The molecule has 3 aromatic heterocycles. The second-order valence-corrected chi connectivity index (χ2v) is 6.81. The van der Waals surface area contributed by atoms with Crippen LogP contribution in [0.15, 0.2) is 30.7 Å². The number of nitrogens with zero attached hydrogens (tertiary/aromatic N) is 3. The highest BCUT2D eigenvalue weighted by Gasteiger charge is 2.33. The number of anilines is 1. The molecule has 3 aromatic rings. The van der Waals surface area contributed by atoms with Crippen molar-refractivity contribution in [2.75, 3.05) is 18.0 Å². The third-order valence-corrected chi connectivity index (χ3v) is 5.07. The van der Waals surface area contributed by atoms with E-state index in [9.17, 15) is 4.79 Å². The van der Waals surface area contributed by atoms with Gasteiger partial charge in [0.2, 0.25) is 5.91 Å². The van der Waals surface area contributed by atoms with Gasteiger partial charge in [0.05, 0.1) is 0 Å². The fourth-order valence-corrected chi connectivity index (χ4v) is 3.63. The Morgan fingerprint density at radius 3 is 3.04 bits per heavy atom. The van der Waals surface area contributed by atoms with Crippen LogP contribution in [-0.2, 0) is 4.79 Å². The van der Waals surface area contributed by atoms with Crippen molar-refractivity contribution in [3.8, 4) is 0 Å². The zero-order chi connectivity index (χ0) is 16.1. The maximum Gasteiger partial charge on any atom is 0.223 e. The average Bonchev–Trinajstić information content (AvgIpc) is 3.17. The number of carbonyl (C=O) groups is 1. The van der Waals surface area contributed by atoms with Gasteiger partial charge in [-0.3, -0.25) is 4.79 Å². The Labute approximate surface area is 139 Å². The van der Waals surface area contributed by atoms with Gasteiger partial charge in [-0.25, -0.2) is 9.97 Å². The minimum absolute atomic E-state index is 0.221. The lowest BCUT2D eigenvalue weighted by molar-refractivity contribution is -0.122. The molecule has 24 heavy (non-hydrogen) atoms. The third kappa shape index (κ3) is 2.21. The summed E-state index contributed by atoms with van der Waals surface area (Å²) in [6, 6.07) is 4.28. The number of carbonyl (C=O) groups excluding carboxylic acids is 1. The molecule has 2 aliphatic rings. The highest BCUT2D eigenvalue weighted by Crippen LogP contribution is 2.33. The highest BCUT2D eigenvalue weighted by atomic mass is 16.2. The van der Waals surface area contributed by atoms with Crippen LogP contribution in [0.25, 0.3) is 21.8 Å². The van der Waals surface area contributed by atoms with Gasteiger partial charge in [0.25, 0.3) is 0 Å². The minimum Gasteiger partial charge on any atom is -0.354 e. The number of pyridine rings is 2. The summed E-state index contributed by atoms with van der Waals surface area (Å²) in [6.07, 6.45) is 8.71. The van der Waals surface area contributed by atoms with E-state index < -0.39 is 0 Å². The fraction of sp³-hybridized carbons (Fsp3) is 0.389. The van der Waals surface area contributed by atoms with Gasteiger partial charge in [0, 0.05) is 59.8 Å². The number of fused-ring (bicyclic) bond motifs is 3. The van der Waals surface area contributed by atoms with Crippen molar-refractivity contribution in [1.29, 1.82) is 0 Å². The van der Waals surface area contributed by atoms with Crippen LogP contribution in [0.4, 0.5) is 5.82 Å². The van der Waals surface area contributed by atoms with Crippen molar-refractivity contribution in [1.82, 2.24) is 20.3 Å². The second-order valence-electron chi connectivity index (χ2n) is 6.81. The smallest absolute Gasteiger partial charge is 0.223 e. The Balaban J connectivity index is 1.48. The minimum atomic E-state index is 0.221. The molecule has 2 fully saturated rings. The first-order valence-electron chi connectivity index (χ1n) is 8.56. The number of aromatic amines is 1. The molecule has 122 valence electrons. The number of hydrogen-bond acceptors (Lipinski definition) is 4. The summed E-state index contributed by atoms with van der Waals surface area (Å²) in [7, 11) is 0. The first-order valence-corrected chi connectivity index (χ1v) is 8.56. The van der Waals surface area contributed by atoms with Crippen LogP contribution < -0.4 is 10.2 Å². The molecule has 2 N–H and O–H groups in total. The van der Waals surface area contributed by atoms with Crippen molar-refractivity contribution in [3.63, 3.8) is 0 Å². The molecule has 1 amide bonds. The Hall–Kier alpha value is -2.63. The molecular weight excluding hydrogens is 302 g/mol. The Morgan fingerprint density at radius 1 is 1.25 bits per heavy atom. The van der Waals surface area contributed by atoms with Crippen molar-refractivity contribution in [2.45, 2.75) is 25.3 Å². The van der Waals surface area contributed by atoms with E-state index in [2.05, 4.69) is 31.2 Å². The first kappa shape index (κ1) is 13.8. The van der Waals surface area contributed by atoms with Gasteiger partial charge in [0.1, 0.15) is 11.5 Å². The summed E-state index contributed by atoms with van der Waals surface area (Å²) in [5.41, 5.74) is 0.884. The Kier molecular flexibility index (Phi) is 2.98. The normalized spacial score (nSPS) is 20.8. The van der Waals surface area contributed by atoms with Crippen LogP contribution in [0.5, 0.6) is 0 Å². The lowest BCUT2D eigenvalue weighted by Crippen LogP contribution is -2.38. The standard InChI is InChI=1S/C18H19N5O/c24-18(11-1-2-11)22-13-5-8-23(10-13)17-15-12(3-6-20-17)9-21-16-14(15)4-7-19-16/h3-4,6-7,9,11,13H,1-2,5,8,10H2,(H,19,21)(H,22,24). The van der Waals surface area contributed by atoms with Crippen molar-refractivity contribution >= 4 is 33.5 Å². The maximum absolute atomic E-state index is 12.0. The van der Waals surface area contributed by atoms with Crippen LogP contribution in [0, 0.1) is 5.92 Å². The Bertz CT molecular complexity index is 929. The van der Waals surface area contributed by atoms with Gasteiger partial charge in [-0.05, 0) is 31.4 Å². The molecule has 1 aliphatic carbocycles. The van der Waals surface area contributed by atoms with Crippen LogP contribution >= 0.6 is 0 Å². The number of nitrogens with one attached hydrogen (secondary N) is 2. The molecule has 6 heteroatoms. The molecule has 6 nitrogen and oxygen atoms in total. The molecule has 1 saturated heterocycles. The lowest BCUT2D eigenvalue weighted by Gasteiger charge is -2.20. The average molecular weight is 321 g/mol. The number of rotatable bonds is 3. The molecule has 0 spiro atoms. The van der Waals surface area contributed by atoms with Crippen LogP contribution in [0.2, 0.25) is 0 Å². The van der Waals surface area contributed by atoms with Gasteiger partial charge >= 0.3 is 0 Å². The van der Waals surface area contributed by atoms with Gasteiger partial charge in [-0.15, -0.1) is 0 Å². The number of amides is 1. The summed E-state index contributed by atoms with van der Waals surface area (Å²) in [4.78, 5) is 26.6. The SMILES string of the molecule is O=C(NC1CCN(c2nccc3cnc4[nH]ccc4c23)C1)C1CC1. The van der Waals surface area contributed by atoms with Crippen LogP contribution in [-0.4, -0.2) is 40.0 Å². The summed E-state index contributed by atoms with van der Waals surface area (Å²) >= 11 is 0. The fourth-order valence-electron chi connectivity index (χ4n) is 3.63. The third-order valence-electron chi connectivity index (χ3n) is 5.07. The molecule has 1 atom stereocenters. The lowest BCUT2D eigenvalue weighted by atomic mass is 10.1. The molecule has 5 rings (SSSR count). The first-order chi connectivity index (χ1) is 11.8. The topological polar surface area (TPSA) is 73.9 Å². The molecular formula is C18H19N5O. The monoisotopic (exact) mass is 321 g/mol. The molecule has 0 radical (unpaired) electrons. The largest absolute Gasteiger partial charge is 0.354 e. The highest BCUT2D eigenvalue weighted by molar-refractivity contribution is 6.10. The van der Waals surface area contributed by atoms with E-state index in [0.29, 0.717) is 0 Å². The van der Waals surface area contributed by atoms with Gasteiger partial charge in [-0.1, -0.05) is 0 Å².